The molecule has 0 aliphatic carbocycles. The van der Waals surface area contributed by atoms with Crippen molar-refractivity contribution in [3.05, 3.63) is 11.6 Å². The lowest BCUT2D eigenvalue weighted by molar-refractivity contribution is -0.174. The number of aliphatic hydroxyl groups excluding tert-OH is 1. The summed E-state index contributed by atoms with van der Waals surface area (Å²) in [6.07, 6.45) is -4.10. The molecule has 1 aliphatic rings. The molecule has 0 unspecified atom stereocenters. The van der Waals surface area contributed by atoms with Crippen molar-refractivity contribution in [2.45, 2.75) is 66.9 Å². The van der Waals surface area contributed by atoms with Crippen LogP contribution < -0.4 is 10.0 Å². The van der Waals surface area contributed by atoms with Gasteiger partial charge in [0.25, 0.3) is 26.0 Å². The second-order valence-corrected chi connectivity index (χ2v) is 13.5. The van der Waals surface area contributed by atoms with Crippen molar-refractivity contribution < 1.29 is 50.5 Å². The van der Waals surface area contributed by atoms with Gasteiger partial charge in [0.1, 0.15) is 14.5 Å². The first-order valence-electron chi connectivity index (χ1n) is 11.7. The van der Waals surface area contributed by atoms with E-state index >= 15 is 0 Å². The van der Waals surface area contributed by atoms with Gasteiger partial charge in [-0.25, -0.2) is 31.1 Å². The highest BCUT2D eigenvalue weighted by atomic mass is 32.3. The minimum absolute atomic E-state index is 0.0975. The number of nitrogens with one attached hydrogen (secondary N) is 2. The van der Waals surface area contributed by atoms with Gasteiger partial charge in [-0.1, -0.05) is 6.92 Å². The third-order valence-corrected chi connectivity index (χ3v) is 10.7. The molecule has 0 aromatic carbocycles. The number of likely N-dealkylation sites (N-methyl/N-ethyl adjacent to an activating group) is 1. The van der Waals surface area contributed by atoms with E-state index in [2.05, 4.69) is 10.1 Å². The van der Waals surface area contributed by atoms with E-state index in [0.717, 1.165) is 20.8 Å². The van der Waals surface area contributed by atoms with E-state index in [0.29, 0.717) is 30.9 Å². The molecule has 216 valence electrons. The van der Waals surface area contributed by atoms with Crippen LogP contribution in [0.2, 0.25) is 0 Å². The molecule has 4 atom stereocenters. The number of fused-ring (bicyclic) bond motifs is 1. The van der Waals surface area contributed by atoms with Gasteiger partial charge in [0.05, 0.1) is 0 Å². The molecule has 3 N–H and O–H groups in total. The van der Waals surface area contributed by atoms with Crippen molar-refractivity contribution in [1.29, 1.82) is 0 Å². The fourth-order valence-electron chi connectivity index (χ4n) is 3.39. The molecule has 0 saturated carbocycles. The Hall–Kier alpha value is -2.15. The van der Waals surface area contributed by atoms with Crippen LogP contribution in [0.1, 0.15) is 45.7 Å². The minimum atomic E-state index is -4.53. The van der Waals surface area contributed by atoms with E-state index in [9.17, 15) is 31.2 Å². The molecule has 1 aromatic rings. The highest BCUT2D eigenvalue weighted by molar-refractivity contribution is 7.94. The number of ether oxygens (including phenoxy) is 3. The molecule has 0 radical (unpaired) electrons. The summed E-state index contributed by atoms with van der Waals surface area (Å²) >= 11 is 0.511. The van der Waals surface area contributed by atoms with Crippen molar-refractivity contribution >= 4 is 49.2 Å². The molecule has 0 saturated heterocycles. The normalized spacial score (nSPS) is 19.6. The third-order valence-electron chi connectivity index (χ3n) is 5.37. The van der Waals surface area contributed by atoms with Crippen LogP contribution >= 0.6 is 11.3 Å². The zero-order chi connectivity index (χ0) is 28.8. The molecule has 2 heterocycles. The molecule has 0 fully saturated rings. The molecule has 1 amide bonds. The fraction of sp³-hybridized carbons (Fsp3) is 0.667. The van der Waals surface area contributed by atoms with Crippen LogP contribution in [0.3, 0.4) is 0 Å². The maximum absolute atomic E-state index is 13.2. The predicted octanol–water partition coefficient (Wildman–Crippen LogP) is -0.511. The Morgan fingerprint density at radius 2 is 1.82 bits per heavy atom. The molecule has 2 rings (SSSR count). The zero-order valence-electron chi connectivity index (χ0n) is 21.6. The highest BCUT2D eigenvalue weighted by Crippen LogP contribution is 2.40. The maximum atomic E-state index is 13.2. The second-order valence-electron chi connectivity index (χ2n) is 8.43. The number of esters is 2. The van der Waals surface area contributed by atoms with E-state index in [1.165, 1.54) is 17.5 Å². The Bertz CT molecular complexity index is 1230. The van der Waals surface area contributed by atoms with E-state index in [4.69, 9.17) is 14.6 Å². The van der Waals surface area contributed by atoms with Gasteiger partial charge in [0.15, 0.2) is 12.2 Å². The zero-order valence-corrected chi connectivity index (χ0v) is 24.1. The summed E-state index contributed by atoms with van der Waals surface area (Å²) in [5, 5.41) is 12.3. The summed E-state index contributed by atoms with van der Waals surface area (Å²) in [6.45, 7) is 6.35. The van der Waals surface area contributed by atoms with E-state index < -0.39 is 66.5 Å². The van der Waals surface area contributed by atoms with Crippen molar-refractivity contribution in [3.8, 4) is 0 Å². The Labute approximate surface area is 225 Å². The Kier molecular flexibility index (Phi) is 11.2. The number of amides is 1. The summed E-state index contributed by atoms with van der Waals surface area (Å²) in [4.78, 5) is 36.0. The molecule has 0 spiro atoms. The first-order valence-corrected chi connectivity index (χ1v) is 15.4. The lowest BCUT2D eigenvalue weighted by Crippen LogP contribution is -2.43. The fourth-order valence-corrected chi connectivity index (χ4v) is 8.32. The number of rotatable bonds is 13. The van der Waals surface area contributed by atoms with Crippen LogP contribution in [0.15, 0.2) is 14.5 Å². The molecule has 1 aromatic heterocycles. The number of thiophene rings is 1. The average Bonchev–Trinajstić information content (AvgIpc) is 3.30. The summed E-state index contributed by atoms with van der Waals surface area (Å²) < 4.78 is 69.4. The van der Waals surface area contributed by atoms with Gasteiger partial charge in [-0.2, -0.15) is 4.31 Å². The number of nitrogens with zero attached hydrogens (tertiary/aromatic N) is 1. The van der Waals surface area contributed by atoms with Crippen molar-refractivity contribution in [2.75, 3.05) is 33.4 Å². The van der Waals surface area contributed by atoms with Gasteiger partial charge >= 0.3 is 11.9 Å². The van der Waals surface area contributed by atoms with E-state index in [1.807, 2.05) is 6.92 Å². The topological polar surface area (TPSA) is 195 Å². The van der Waals surface area contributed by atoms with Gasteiger partial charge in [0, 0.05) is 38.4 Å². The number of sulfonamides is 2. The SMILES string of the molecule is CCN[C@H]1CN(CCCOC)S(=O)(=O)c2sc(S(=O)(=O)NC(=O)[C@H](C)OC(=O)[C@H](C)OC(=O)[C@H](C)O)cc21. The minimum Gasteiger partial charge on any atom is -0.450 e. The Balaban J connectivity index is 2.21. The summed E-state index contributed by atoms with van der Waals surface area (Å²) in [5.74, 6) is -3.43. The van der Waals surface area contributed by atoms with Gasteiger partial charge in [-0.05, 0) is 39.8 Å². The average molecular weight is 600 g/mol. The number of carbonyl (C=O) groups is 3. The van der Waals surface area contributed by atoms with Crippen molar-refractivity contribution in [3.63, 3.8) is 0 Å². The Morgan fingerprint density at radius 3 is 2.39 bits per heavy atom. The molecule has 0 bridgehead atoms. The quantitative estimate of drug-likeness (QED) is 0.194. The molecule has 14 nitrogen and oxygen atoms in total. The number of aliphatic hydroxyl groups is 1. The van der Waals surface area contributed by atoms with Crippen LogP contribution in [0.25, 0.3) is 0 Å². The molecule has 17 heteroatoms. The highest BCUT2D eigenvalue weighted by Gasteiger charge is 2.40. The van der Waals surface area contributed by atoms with Crippen LogP contribution in [0, 0.1) is 0 Å². The number of hydrogen-bond donors (Lipinski definition) is 3. The van der Waals surface area contributed by atoms with Gasteiger partial charge < -0.3 is 24.6 Å². The first-order chi connectivity index (χ1) is 17.6. The molecular weight excluding hydrogens is 566 g/mol. The van der Waals surface area contributed by atoms with Crippen molar-refractivity contribution in [2.24, 2.45) is 0 Å². The lowest BCUT2D eigenvalue weighted by Gasteiger charge is -2.32. The van der Waals surface area contributed by atoms with Gasteiger partial charge in [-0.15, -0.1) is 11.3 Å². The van der Waals surface area contributed by atoms with Crippen LogP contribution in [-0.2, 0) is 48.6 Å². The summed E-state index contributed by atoms with van der Waals surface area (Å²) in [5.41, 5.74) is 0.279. The Morgan fingerprint density at radius 1 is 1.18 bits per heavy atom. The molecule has 1 aliphatic heterocycles. The maximum Gasteiger partial charge on any atom is 0.347 e. The standard InChI is InChI=1S/C21H33N3O11S3/c1-6-22-16-11-24(8-7-9-33-5)38(31,32)21-15(16)10-17(36-21)37(29,30)23-18(26)13(3)34-20(28)14(4)35-19(27)12(2)25/h10,12-14,16,22,25H,6-9,11H2,1-5H3,(H,23,26)/t12-,13-,14-,16-/m0/s1. The summed E-state index contributed by atoms with van der Waals surface area (Å²) in [7, 11) is -7.02. The van der Waals surface area contributed by atoms with Gasteiger partial charge in [0.2, 0.25) is 0 Å². The van der Waals surface area contributed by atoms with E-state index in [1.54, 1.807) is 4.72 Å². The lowest BCUT2D eigenvalue weighted by atomic mass is 10.1. The third kappa shape index (κ3) is 7.71. The predicted molar refractivity (Wildman–Crippen MR) is 134 cm³/mol. The summed E-state index contributed by atoms with van der Waals surface area (Å²) in [6, 6.07) is 0.740. The second kappa shape index (κ2) is 13.3. The van der Waals surface area contributed by atoms with Crippen LogP contribution in [-0.4, -0.2) is 95.8 Å². The first kappa shape index (κ1) is 32.1. The molecule has 38 heavy (non-hydrogen) atoms. The number of hydrogen-bond acceptors (Lipinski definition) is 13. The number of methoxy groups -OCH3 is 1. The largest absolute Gasteiger partial charge is 0.450 e. The van der Waals surface area contributed by atoms with Crippen LogP contribution in [0.4, 0.5) is 0 Å². The van der Waals surface area contributed by atoms with Gasteiger partial charge in [-0.3, -0.25) is 4.79 Å². The van der Waals surface area contributed by atoms with Crippen LogP contribution in [0.5, 0.6) is 0 Å². The van der Waals surface area contributed by atoms with Crippen molar-refractivity contribution in [1.82, 2.24) is 14.3 Å². The number of carbonyl (C=O) groups excluding carboxylic acids is 3. The van der Waals surface area contributed by atoms with E-state index in [-0.39, 0.29) is 22.9 Å². The smallest absolute Gasteiger partial charge is 0.347 e. The molecular formula is C21H33N3O11S3. The monoisotopic (exact) mass is 599 g/mol.